The van der Waals surface area contributed by atoms with Crippen LogP contribution >= 0.6 is 0 Å². The van der Waals surface area contributed by atoms with Gasteiger partial charge in [0.25, 0.3) is 0 Å². The number of aliphatic hydroxyl groups is 2. The molecule has 0 aromatic carbocycles. The second kappa shape index (κ2) is 10.7. The average Bonchev–Trinajstić information content (AvgIpc) is 2.29. The van der Waals surface area contributed by atoms with Crippen LogP contribution in [-0.2, 0) is 9.53 Å². The number of rotatable bonds is 11. The van der Waals surface area contributed by atoms with Crippen molar-refractivity contribution in [3.05, 3.63) is 0 Å². The van der Waals surface area contributed by atoms with Crippen molar-refractivity contribution in [2.24, 2.45) is 0 Å². The van der Waals surface area contributed by atoms with Crippen molar-refractivity contribution in [2.75, 3.05) is 13.7 Å². The second-order valence-electron chi connectivity index (χ2n) is 4.61. The first-order valence-electron chi connectivity index (χ1n) is 6.43. The number of Topliss-reactive ketones (excluding diaryl/α,β-unsaturated/α-hetero) is 1. The van der Waals surface area contributed by atoms with E-state index in [1.165, 1.54) is 0 Å². The van der Waals surface area contributed by atoms with Crippen LogP contribution in [0, 0.1) is 0 Å². The van der Waals surface area contributed by atoms with Crippen molar-refractivity contribution >= 4 is 5.78 Å². The average molecular weight is 246 g/mol. The van der Waals surface area contributed by atoms with Crippen LogP contribution in [0.3, 0.4) is 0 Å². The Morgan fingerprint density at radius 1 is 1.12 bits per heavy atom. The Labute approximate surface area is 104 Å². The van der Waals surface area contributed by atoms with Gasteiger partial charge < -0.3 is 14.9 Å². The van der Waals surface area contributed by atoms with Crippen molar-refractivity contribution in [3.63, 3.8) is 0 Å². The van der Waals surface area contributed by atoms with Crippen LogP contribution in [0.5, 0.6) is 0 Å². The highest BCUT2D eigenvalue weighted by Gasteiger charge is 2.08. The van der Waals surface area contributed by atoms with Gasteiger partial charge in [-0.1, -0.05) is 12.8 Å². The molecule has 0 aliphatic heterocycles. The molecule has 0 bridgehead atoms. The third-order valence-electron chi connectivity index (χ3n) is 2.75. The smallest absolute Gasteiger partial charge is 0.135 e. The minimum absolute atomic E-state index is 0.148. The van der Waals surface area contributed by atoms with E-state index >= 15 is 0 Å². The number of unbranched alkanes of at least 4 members (excludes halogenated alkanes) is 1. The first-order valence-corrected chi connectivity index (χ1v) is 6.43. The zero-order chi connectivity index (χ0) is 13.1. The molecule has 4 nitrogen and oxygen atoms in total. The molecule has 0 aliphatic rings. The van der Waals surface area contributed by atoms with Gasteiger partial charge in [0.05, 0.1) is 18.8 Å². The lowest BCUT2D eigenvalue weighted by Gasteiger charge is -2.10. The molecule has 2 atom stereocenters. The van der Waals surface area contributed by atoms with Gasteiger partial charge in [0.1, 0.15) is 5.78 Å². The van der Waals surface area contributed by atoms with E-state index in [1.54, 1.807) is 14.0 Å². The number of methoxy groups -OCH3 is 1. The predicted octanol–water partition coefficient (Wildman–Crippen LogP) is 1.67. The molecule has 0 saturated heterocycles. The fourth-order valence-corrected chi connectivity index (χ4v) is 1.63. The van der Waals surface area contributed by atoms with Crippen LogP contribution in [0.2, 0.25) is 0 Å². The largest absolute Gasteiger partial charge is 0.393 e. The van der Waals surface area contributed by atoms with Crippen molar-refractivity contribution in [3.8, 4) is 0 Å². The van der Waals surface area contributed by atoms with Gasteiger partial charge in [-0.25, -0.2) is 0 Å². The van der Waals surface area contributed by atoms with Crippen molar-refractivity contribution in [1.82, 2.24) is 0 Å². The maximum atomic E-state index is 11.3. The number of hydrogen-bond donors (Lipinski definition) is 2. The zero-order valence-corrected chi connectivity index (χ0v) is 11.0. The molecule has 0 fully saturated rings. The number of hydrogen-bond acceptors (Lipinski definition) is 4. The highest BCUT2D eigenvalue weighted by molar-refractivity contribution is 5.78. The van der Waals surface area contributed by atoms with E-state index in [4.69, 9.17) is 9.84 Å². The summed E-state index contributed by atoms with van der Waals surface area (Å²) < 4.78 is 4.81. The molecule has 17 heavy (non-hydrogen) atoms. The molecule has 102 valence electrons. The number of carbonyl (C=O) groups is 1. The SMILES string of the molecule is COCCC(=O)CCC(O)CCCCC(C)O. The summed E-state index contributed by atoms with van der Waals surface area (Å²) in [6.07, 6.45) is 4.07. The fraction of sp³-hybridized carbons (Fsp3) is 0.923. The molecule has 0 aliphatic carbocycles. The van der Waals surface area contributed by atoms with Crippen molar-refractivity contribution in [1.29, 1.82) is 0 Å². The number of aliphatic hydroxyl groups excluding tert-OH is 2. The predicted molar refractivity (Wildman–Crippen MR) is 66.9 cm³/mol. The summed E-state index contributed by atoms with van der Waals surface area (Å²) in [6, 6.07) is 0. The second-order valence-corrected chi connectivity index (χ2v) is 4.61. The lowest BCUT2D eigenvalue weighted by molar-refractivity contribution is -0.120. The molecule has 0 amide bonds. The van der Waals surface area contributed by atoms with E-state index in [0.29, 0.717) is 32.3 Å². The Morgan fingerprint density at radius 3 is 2.35 bits per heavy atom. The summed E-state index contributed by atoms with van der Waals surface area (Å²) in [5.41, 5.74) is 0. The molecule has 2 N–H and O–H groups in total. The third kappa shape index (κ3) is 11.8. The van der Waals surface area contributed by atoms with Crippen LogP contribution in [0.25, 0.3) is 0 Å². The first kappa shape index (κ1) is 16.6. The third-order valence-corrected chi connectivity index (χ3v) is 2.75. The lowest BCUT2D eigenvalue weighted by Crippen LogP contribution is -2.11. The van der Waals surface area contributed by atoms with Gasteiger partial charge in [-0.2, -0.15) is 0 Å². The van der Waals surface area contributed by atoms with Crippen molar-refractivity contribution < 1.29 is 19.7 Å². The van der Waals surface area contributed by atoms with Gasteiger partial charge in [0, 0.05) is 20.0 Å². The molecule has 0 radical (unpaired) electrons. The topological polar surface area (TPSA) is 66.8 Å². The molecular weight excluding hydrogens is 220 g/mol. The quantitative estimate of drug-likeness (QED) is 0.544. The van der Waals surface area contributed by atoms with E-state index in [1.807, 2.05) is 0 Å². The van der Waals surface area contributed by atoms with Gasteiger partial charge in [-0.15, -0.1) is 0 Å². The fourth-order valence-electron chi connectivity index (χ4n) is 1.63. The Morgan fingerprint density at radius 2 is 1.76 bits per heavy atom. The molecule has 0 aromatic heterocycles. The summed E-state index contributed by atoms with van der Waals surface area (Å²) in [5.74, 6) is 0.148. The summed E-state index contributed by atoms with van der Waals surface area (Å²) >= 11 is 0. The molecular formula is C13H26O4. The molecule has 2 unspecified atom stereocenters. The van der Waals surface area contributed by atoms with E-state index in [2.05, 4.69) is 0 Å². The maximum Gasteiger partial charge on any atom is 0.135 e. The molecule has 0 spiro atoms. The van der Waals surface area contributed by atoms with E-state index < -0.39 is 6.10 Å². The molecule has 4 heteroatoms. The number of ether oxygens (including phenoxy) is 1. The van der Waals surface area contributed by atoms with Gasteiger partial charge >= 0.3 is 0 Å². The maximum absolute atomic E-state index is 11.3. The summed E-state index contributed by atoms with van der Waals surface area (Å²) in [7, 11) is 1.57. The lowest BCUT2D eigenvalue weighted by atomic mass is 10.0. The van der Waals surface area contributed by atoms with Crippen LogP contribution in [0.1, 0.15) is 51.9 Å². The Balaban J connectivity index is 3.39. The Hall–Kier alpha value is -0.450. The number of carbonyl (C=O) groups excluding carboxylic acids is 1. The van der Waals surface area contributed by atoms with E-state index in [0.717, 1.165) is 19.3 Å². The molecule has 0 rings (SSSR count). The minimum Gasteiger partial charge on any atom is -0.393 e. The normalized spacial score (nSPS) is 14.6. The first-order chi connectivity index (χ1) is 8.06. The number of ketones is 1. The van der Waals surface area contributed by atoms with Gasteiger partial charge in [0.2, 0.25) is 0 Å². The molecule has 0 saturated carbocycles. The summed E-state index contributed by atoms with van der Waals surface area (Å²) in [6.45, 7) is 2.23. The van der Waals surface area contributed by atoms with Gasteiger partial charge in [0.15, 0.2) is 0 Å². The Bertz CT molecular complexity index is 192. The standard InChI is InChI=1S/C13H26O4/c1-11(14)5-3-4-6-12(15)7-8-13(16)9-10-17-2/h11-12,14-15H,3-10H2,1-2H3. The van der Waals surface area contributed by atoms with Crippen LogP contribution < -0.4 is 0 Å². The van der Waals surface area contributed by atoms with Crippen LogP contribution in [0.4, 0.5) is 0 Å². The summed E-state index contributed by atoms with van der Waals surface area (Å²) in [5, 5.41) is 18.7. The highest BCUT2D eigenvalue weighted by Crippen LogP contribution is 2.10. The highest BCUT2D eigenvalue weighted by atomic mass is 16.5. The van der Waals surface area contributed by atoms with Crippen molar-refractivity contribution in [2.45, 2.75) is 64.1 Å². The Kier molecular flexibility index (Phi) is 10.4. The van der Waals surface area contributed by atoms with Crippen LogP contribution in [0.15, 0.2) is 0 Å². The van der Waals surface area contributed by atoms with E-state index in [9.17, 15) is 9.90 Å². The van der Waals surface area contributed by atoms with Crippen LogP contribution in [-0.4, -0.2) is 41.9 Å². The minimum atomic E-state index is -0.393. The molecule has 0 aromatic rings. The van der Waals surface area contributed by atoms with E-state index in [-0.39, 0.29) is 11.9 Å². The zero-order valence-electron chi connectivity index (χ0n) is 11.0. The van der Waals surface area contributed by atoms with Gasteiger partial charge in [-0.3, -0.25) is 4.79 Å². The summed E-state index contributed by atoms with van der Waals surface area (Å²) in [4.78, 5) is 11.3. The molecule has 0 heterocycles. The van der Waals surface area contributed by atoms with Gasteiger partial charge in [-0.05, 0) is 26.2 Å². The monoisotopic (exact) mass is 246 g/mol.